The molecule has 0 spiro atoms. The molecule has 90 valence electrons. The standard InChI is InChI=1S/C14H19N3/c1-10-4-5-12-11(8-10)16-13(17(12)2)14(9-15)6-3-7-14/h4-5,8H,3,6-7,9,15H2,1-2H3. The Balaban J connectivity index is 2.20. The molecule has 0 amide bonds. The molecule has 0 aliphatic heterocycles. The molecule has 17 heavy (non-hydrogen) atoms. The summed E-state index contributed by atoms with van der Waals surface area (Å²) in [6.45, 7) is 2.82. The third-order valence-corrected chi connectivity index (χ3v) is 4.21. The van der Waals surface area contributed by atoms with Gasteiger partial charge in [0.25, 0.3) is 0 Å². The predicted molar refractivity (Wildman–Crippen MR) is 70.0 cm³/mol. The quantitative estimate of drug-likeness (QED) is 0.858. The van der Waals surface area contributed by atoms with E-state index >= 15 is 0 Å². The molecule has 0 atom stereocenters. The highest BCUT2D eigenvalue weighted by molar-refractivity contribution is 5.77. The maximum absolute atomic E-state index is 5.97. The summed E-state index contributed by atoms with van der Waals surface area (Å²) >= 11 is 0. The van der Waals surface area contributed by atoms with Crippen molar-refractivity contribution >= 4 is 11.0 Å². The van der Waals surface area contributed by atoms with Crippen molar-refractivity contribution in [3.63, 3.8) is 0 Å². The molecule has 3 heteroatoms. The first-order valence-electron chi connectivity index (χ1n) is 6.30. The van der Waals surface area contributed by atoms with Crippen molar-refractivity contribution in [3.05, 3.63) is 29.6 Å². The number of rotatable bonds is 2. The summed E-state index contributed by atoms with van der Waals surface area (Å²) in [7, 11) is 2.11. The molecule has 2 aromatic rings. The first kappa shape index (κ1) is 10.8. The second-order valence-corrected chi connectivity index (χ2v) is 5.32. The minimum absolute atomic E-state index is 0.141. The highest BCUT2D eigenvalue weighted by Gasteiger charge is 2.41. The molecule has 0 saturated heterocycles. The lowest BCUT2D eigenvalue weighted by Gasteiger charge is -2.40. The lowest BCUT2D eigenvalue weighted by molar-refractivity contribution is 0.233. The first-order valence-corrected chi connectivity index (χ1v) is 6.30. The molecule has 1 fully saturated rings. The Kier molecular flexibility index (Phi) is 2.26. The van der Waals surface area contributed by atoms with Crippen LogP contribution in [0.25, 0.3) is 11.0 Å². The van der Waals surface area contributed by atoms with Gasteiger partial charge in [-0.15, -0.1) is 0 Å². The summed E-state index contributed by atoms with van der Waals surface area (Å²) in [4.78, 5) is 4.82. The number of imidazole rings is 1. The largest absolute Gasteiger partial charge is 0.331 e. The third kappa shape index (κ3) is 1.42. The van der Waals surface area contributed by atoms with Gasteiger partial charge in [-0.2, -0.15) is 0 Å². The number of benzene rings is 1. The van der Waals surface area contributed by atoms with Crippen LogP contribution in [0.2, 0.25) is 0 Å². The van der Waals surface area contributed by atoms with E-state index in [1.807, 2.05) is 0 Å². The van der Waals surface area contributed by atoms with Crippen LogP contribution >= 0.6 is 0 Å². The van der Waals surface area contributed by atoms with Gasteiger partial charge in [-0.25, -0.2) is 4.98 Å². The van der Waals surface area contributed by atoms with Gasteiger partial charge in [0.05, 0.1) is 11.0 Å². The lowest BCUT2D eigenvalue weighted by atomic mass is 9.68. The number of hydrogen-bond donors (Lipinski definition) is 1. The first-order chi connectivity index (χ1) is 8.16. The van der Waals surface area contributed by atoms with Crippen molar-refractivity contribution in [1.82, 2.24) is 9.55 Å². The zero-order valence-electron chi connectivity index (χ0n) is 10.5. The topological polar surface area (TPSA) is 43.8 Å². The van der Waals surface area contributed by atoms with Crippen molar-refractivity contribution in [1.29, 1.82) is 0 Å². The molecule has 0 unspecified atom stereocenters. The highest BCUT2D eigenvalue weighted by Crippen LogP contribution is 2.42. The van der Waals surface area contributed by atoms with E-state index in [4.69, 9.17) is 10.7 Å². The van der Waals surface area contributed by atoms with E-state index < -0.39 is 0 Å². The molecule has 2 N–H and O–H groups in total. The van der Waals surface area contributed by atoms with Gasteiger partial charge in [0.15, 0.2) is 0 Å². The summed E-state index contributed by atoms with van der Waals surface area (Å²) in [6.07, 6.45) is 3.64. The molecule has 3 rings (SSSR count). The minimum Gasteiger partial charge on any atom is -0.331 e. The van der Waals surface area contributed by atoms with Gasteiger partial charge < -0.3 is 10.3 Å². The molecule has 1 aromatic heterocycles. The van der Waals surface area contributed by atoms with Crippen LogP contribution in [0.15, 0.2) is 18.2 Å². The number of nitrogens with zero attached hydrogens (tertiary/aromatic N) is 2. The maximum atomic E-state index is 5.97. The summed E-state index contributed by atoms with van der Waals surface area (Å²) < 4.78 is 2.22. The van der Waals surface area contributed by atoms with Gasteiger partial charge in [-0.05, 0) is 37.5 Å². The Bertz CT molecular complexity index is 559. The van der Waals surface area contributed by atoms with Crippen molar-refractivity contribution in [3.8, 4) is 0 Å². The molecule has 1 aromatic carbocycles. The van der Waals surface area contributed by atoms with E-state index in [0.717, 1.165) is 5.52 Å². The Hall–Kier alpha value is -1.35. The van der Waals surface area contributed by atoms with Gasteiger partial charge in [0.1, 0.15) is 5.82 Å². The fraction of sp³-hybridized carbons (Fsp3) is 0.500. The average molecular weight is 229 g/mol. The molecule has 1 saturated carbocycles. The van der Waals surface area contributed by atoms with E-state index in [0.29, 0.717) is 6.54 Å². The molecular formula is C14H19N3. The Morgan fingerprint density at radius 1 is 1.41 bits per heavy atom. The van der Waals surface area contributed by atoms with E-state index in [-0.39, 0.29) is 5.41 Å². The van der Waals surface area contributed by atoms with Gasteiger partial charge in [0.2, 0.25) is 0 Å². The molecule has 1 aliphatic carbocycles. The molecule has 1 aliphatic rings. The van der Waals surface area contributed by atoms with Crippen LogP contribution in [0.4, 0.5) is 0 Å². The fourth-order valence-electron chi connectivity index (χ4n) is 2.91. The third-order valence-electron chi connectivity index (χ3n) is 4.21. The number of nitrogens with two attached hydrogens (primary N) is 1. The molecule has 3 nitrogen and oxygen atoms in total. The van der Waals surface area contributed by atoms with Crippen LogP contribution in [0.1, 0.15) is 30.7 Å². The fourth-order valence-corrected chi connectivity index (χ4v) is 2.91. The average Bonchev–Trinajstić information content (AvgIpc) is 2.56. The monoisotopic (exact) mass is 229 g/mol. The molecular weight excluding hydrogens is 210 g/mol. The van der Waals surface area contributed by atoms with Gasteiger partial charge in [-0.1, -0.05) is 12.5 Å². The Morgan fingerprint density at radius 2 is 2.18 bits per heavy atom. The Labute approximate surface area is 102 Å². The number of aryl methyl sites for hydroxylation is 2. The second kappa shape index (κ2) is 3.57. The summed E-state index contributed by atoms with van der Waals surface area (Å²) in [6, 6.07) is 6.45. The van der Waals surface area contributed by atoms with Crippen LogP contribution in [0.5, 0.6) is 0 Å². The lowest BCUT2D eigenvalue weighted by Crippen LogP contribution is -2.43. The van der Waals surface area contributed by atoms with Crippen molar-refractivity contribution in [2.75, 3.05) is 6.54 Å². The second-order valence-electron chi connectivity index (χ2n) is 5.32. The van der Waals surface area contributed by atoms with Gasteiger partial charge in [-0.3, -0.25) is 0 Å². The van der Waals surface area contributed by atoms with Crippen molar-refractivity contribution < 1.29 is 0 Å². The van der Waals surface area contributed by atoms with Crippen LogP contribution < -0.4 is 5.73 Å². The smallest absolute Gasteiger partial charge is 0.117 e. The minimum atomic E-state index is 0.141. The van der Waals surface area contributed by atoms with Crippen LogP contribution in [-0.2, 0) is 12.5 Å². The van der Waals surface area contributed by atoms with Crippen LogP contribution in [-0.4, -0.2) is 16.1 Å². The maximum Gasteiger partial charge on any atom is 0.117 e. The summed E-state index contributed by atoms with van der Waals surface area (Å²) in [5.74, 6) is 1.17. The zero-order chi connectivity index (χ0) is 12.0. The predicted octanol–water partition coefficient (Wildman–Crippen LogP) is 2.26. The van der Waals surface area contributed by atoms with Crippen molar-refractivity contribution in [2.45, 2.75) is 31.6 Å². The molecule has 0 bridgehead atoms. The SMILES string of the molecule is Cc1ccc2c(c1)nc(C1(CN)CCC1)n2C. The normalized spacial score (nSPS) is 18.3. The summed E-state index contributed by atoms with van der Waals surface area (Å²) in [5.41, 5.74) is 9.68. The van der Waals surface area contributed by atoms with Crippen molar-refractivity contribution in [2.24, 2.45) is 12.8 Å². The van der Waals surface area contributed by atoms with E-state index in [9.17, 15) is 0 Å². The zero-order valence-corrected chi connectivity index (χ0v) is 10.5. The van der Waals surface area contributed by atoms with Crippen LogP contribution in [0.3, 0.4) is 0 Å². The Morgan fingerprint density at radius 3 is 2.76 bits per heavy atom. The number of aromatic nitrogens is 2. The van der Waals surface area contributed by atoms with E-state index in [1.54, 1.807) is 0 Å². The molecule has 1 heterocycles. The van der Waals surface area contributed by atoms with E-state index in [2.05, 4.69) is 36.7 Å². The van der Waals surface area contributed by atoms with Crippen LogP contribution in [0, 0.1) is 6.92 Å². The number of hydrogen-bond acceptors (Lipinski definition) is 2. The molecule has 0 radical (unpaired) electrons. The summed E-state index contributed by atoms with van der Waals surface area (Å²) in [5, 5.41) is 0. The van der Waals surface area contributed by atoms with Gasteiger partial charge in [0, 0.05) is 19.0 Å². The number of fused-ring (bicyclic) bond motifs is 1. The van der Waals surface area contributed by atoms with E-state index in [1.165, 1.54) is 36.2 Å². The highest BCUT2D eigenvalue weighted by atomic mass is 15.1. The van der Waals surface area contributed by atoms with Gasteiger partial charge >= 0.3 is 0 Å².